The van der Waals surface area contributed by atoms with Crippen LogP contribution in [0.5, 0.6) is 0 Å². The molecule has 0 radical (unpaired) electrons. The SMILES string of the molecule is CCCNC(Cc1ccn(C(C)CC)n1)C(CC)OC. The number of nitrogens with zero attached hydrogens (tertiary/aromatic N) is 2. The van der Waals surface area contributed by atoms with Crippen molar-refractivity contribution >= 4 is 0 Å². The fourth-order valence-electron chi connectivity index (χ4n) is 2.42. The first-order chi connectivity index (χ1) is 9.65. The van der Waals surface area contributed by atoms with Gasteiger partial charge in [-0.3, -0.25) is 4.68 Å². The summed E-state index contributed by atoms with van der Waals surface area (Å²) in [6.45, 7) is 9.78. The summed E-state index contributed by atoms with van der Waals surface area (Å²) >= 11 is 0. The third-order valence-electron chi connectivity index (χ3n) is 3.95. The van der Waals surface area contributed by atoms with Gasteiger partial charge in [-0.2, -0.15) is 5.10 Å². The summed E-state index contributed by atoms with van der Waals surface area (Å²) in [5.74, 6) is 0. The third-order valence-corrected chi connectivity index (χ3v) is 3.95. The molecule has 0 bridgehead atoms. The van der Waals surface area contributed by atoms with Crippen LogP contribution in [0.4, 0.5) is 0 Å². The van der Waals surface area contributed by atoms with E-state index in [4.69, 9.17) is 9.84 Å². The lowest BCUT2D eigenvalue weighted by Crippen LogP contribution is -2.42. The molecule has 20 heavy (non-hydrogen) atoms. The van der Waals surface area contributed by atoms with E-state index >= 15 is 0 Å². The normalized spacial score (nSPS) is 16.1. The highest BCUT2D eigenvalue weighted by molar-refractivity contribution is 5.03. The van der Waals surface area contributed by atoms with E-state index in [0.717, 1.165) is 37.9 Å². The van der Waals surface area contributed by atoms with E-state index < -0.39 is 0 Å². The Hall–Kier alpha value is -0.870. The fraction of sp³-hybridized carbons (Fsp3) is 0.812. The molecule has 1 aromatic heterocycles. The minimum atomic E-state index is 0.246. The Kier molecular flexibility index (Phi) is 7.85. The van der Waals surface area contributed by atoms with Gasteiger partial charge in [0, 0.05) is 31.8 Å². The van der Waals surface area contributed by atoms with Crippen molar-refractivity contribution < 1.29 is 4.74 Å². The van der Waals surface area contributed by atoms with Crippen molar-refractivity contribution in [1.29, 1.82) is 0 Å². The van der Waals surface area contributed by atoms with Gasteiger partial charge in [0.1, 0.15) is 0 Å². The molecular formula is C16H31N3O. The first-order valence-electron chi connectivity index (χ1n) is 7.96. The molecule has 1 rings (SSSR count). The standard InChI is InChI=1S/C16H31N3O/c1-6-10-17-15(16(8-3)20-5)12-14-9-11-19(18-14)13(4)7-2/h9,11,13,15-17H,6-8,10,12H2,1-5H3. The van der Waals surface area contributed by atoms with Crippen molar-refractivity contribution in [2.24, 2.45) is 0 Å². The van der Waals surface area contributed by atoms with Crippen LogP contribution < -0.4 is 5.32 Å². The molecule has 3 unspecified atom stereocenters. The average molecular weight is 281 g/mol. The van der Waals surface area contributed by atoms with Gasteiger partial charge in [-0.15, -0.1) is 0 Å². The topological polar surface area (TPSA) is 39.1 Å². The quantitative estimate of drug-likeness (QED) is 0.716. The van der Waals surface area contributed by atoms with Crippen molar-refractivity contribution in [2.45, 2.75) is 71.6 Å². The molecular weight excluding hydrogens is 250 g/mol. The molecule has 0 aliphatic heterocycles. The smallest absolute Gasteiger partial charge is 0.0725 e. The van der Waals surface area contributed by atoms with Gasteiger partial charge in [0.15, 0.2) is 0 Å². The van der Waals surface area contributed by atoms with Crippen molar-refractivity contribution in [2.75, 3.05) is 13.7 Å². The number of hydrogen-bond acceptors (Lipinski definition) is 3. The lowest BCUT2D eigenvalue weighted by molar-refractivity contribution is 0.0650. The summed E-state index contributed by atoms with van der Waals surface area (Å²) in [5, 5.41) is 8.30. The van der Waals surface area contributed by atoms with E-state index in [1.54, 1.807) is 7.11 Å². The van der Waals surface area contributed by atoms with E-state index in [-0.39, 0.29) is 6.10 Å². The summed E-state index contributed by atoms with van der Waals surface area (Å²) in [7, 11) is 1.80. The molecule has 0 spiro atoms. The Morgan fingerprint density at radius 3 is 2.60 bits per heavy atom. The maximum Gasteiger partial charge on any atom is 0.0725 e. The van der Waals surface area contributed by atoms with Gasteiger partial charge < -0.3 is 10.1 Å². The van der Waals surface area contributed by atoms with Crippen LogP contribution in [0, 0.1) is 0 Å². The molecule has 0 fully saturated rings. The monoisotopic (exact) mass is 281 g/mol. The Labute approximate surface area is 123 Å². The lowest BCUT2D eigenvalue weighted by atomic mass is 10.0. The summed E-state index contributed by atoms with van der Waals surface area (Å²) in [6.07, 6.45) is 6.52. The van der Waals surface area contributed by atoms with Gasteiger partial charge in [0.2, 0.25) is 0 Å². The highest BCUT2D eigenvalue weighted by Gasteiger charge is 2.20. The molecule has 1 N–H and O–H groups in total. The average Bonchev–Trinajstić information content (AvgIpc) is 2.93. The number of hydrogen-bond donors (Lipinski definition) is 1. The molecule has 1 heterocycles. The van der Waals surface area contributed by atoms with Crippen LogP contribution in [-0.2, 0) is 11.2 Å². The van der Waals surface area contributed by atoms with E-state index in [1.807, 2.05) is 0 Å². The van der Waals surface area contributed by atoms with E-state index in [9.17, 15) is 0 Å². The minimum absolute atomic E-state index is 0.246. The predicted molar refractivity (Wildman–Crippen MR) is 84.1 cm³/mol. The van der Waals surface area contributed by atoms with E-state index in [1.165, 1.54) is 0 Å². The predicted octanol–water partition coefficient (Wildman–Crippen LogP) is 3.19. The van der Waals surface area contributed by atoms with Crippen molar-refractivity contribution in [3.8, 4) is 0 Å². The highest BCUT2D eigenvalue weighted by Crippen LogP contribution is 2.13. The van der Waals surface area contributed by atoms with Gasteiger partial charge in [-0.25, -0.2) is 0 Å². The zero-order valence-electron chi connectivity index (χ0n) is 13.7. The van der Waals surface area contributed by atoms with Gasteiger partial charge in [0.25, 0.3) is 0 Å². The van der Waals surface area contributed by atoms with Crippen LogP contribution >= 0.6 is 0 Å². The Balaban J connectivity index is 2.70. The minimum Gasteiger partial charge on any atom is -0.380 e. The molecule has 0 saturated heterocycles. The molecule has 0 aliphatic rings. The second-order valence-electron chi connectivity index (χ2n) is 5.49. The Morgan fingerprint density at radius 2 is 2.05 bits per heavy atom. The summed E-state index contributed by atoms with van der Waals surface area (Å²) in [6, 6.07) is 2.94. The molecule has 4 heteroatoms. The van der Waals surface area contributed by atoms with Crippen molar-refractivity contribution in [1.82, 2.24) is 15.1 Å². The molecule has 116 valence electrons. The first-order valence-corrected chi connectivity index (χ1v) is 7.96. The zero-order chi connectivity index (χ0) is 15.0. The number of nitrogens with one attached hydrogen (secondary N) is 1. The van der Waals surface area contributed by atoms with Gasteiger partial charge in [0.05, 0.1) is 11.8 Å². The first kappa shape index (κ1) is 17.2. The second kappa shape index (κ2) is 9.14. The fourth-order valence-corrected chi connectivity index (χ4v) is 2.42. The van der Waals surface area contributed by atoms with Gasteiger partial charge >= 0.3 is 0 Å². The van der Waals surface area contributed by atoms with Crippen LogP contribution in [0.15, 0.2) is 12.3 Å². The van der Waals surface area contributed by atoms with Crippen LogP contribution in [0.1, 0.15) is 58.7 Å². The number of methoxy groups -OCH3 is 1. The third kappa shape index (κ3) is 4.91. The summed E-state index contributed by atoms with van der Waals surface area (Å²) < 4.78 is 7.68. The van der Waals surface area contributed by atoms with Crippen LogP contribution in [-0.4, -0.2) is 35.6 Å². The highest BCUT2D eigenvalue weighted by atomic mass is 16.5. The zero-order valence-corrected chi connectivity index (χ0v) is 13.7. The largest absolute Gasteiger partial charge is 0.380 e. The maximum absolute atomic E-state index is 5.61. The molecule has 0 aliphatic carbocycles. The number of ether oxygens (including phenoxy) is 1. The molecule has 4 nitrogen and oxygen atoms in total. The molecule has 0 aromatic carbocycles. The van der Waals surface area contributed by atoms with Crippen molar-refractivity contribution in [3.05, 3.63) is 18.0 Å². The van der Waals surface area contributed by atoms with Gasteiger partial charge in [-0.1, -0.05) is 20.8 Å². The molecule has 0 saturated carbocycles. The van der Waals surface area contributed by atoms with Crippen LogP contribution in [0.3, 0.4) is 0 Å². The van der Waals surface area contributed by atoms with Gasteiger partial charge in [-0.05, 0) is 38.8 Å². The van der Waals surface area contributed by atoms with Crippen LogP contribution in [0.25, 0.3) is 0 Å². The summed E-state index contributed by atoms with van der Waals surface area (Å²) in [5.41, 5.74) is 1.15. The lowest BCUT2D eigenvalue weighted by Gasteiger charge is -2.25. The van der Waals surface area contributed by atoms with E-state index in [0.29, 0.717) is 12.1 Å². The maximum atomic E-state index is 5.61. The molecule has 1 aromatic rings. The summed E-state index contributed by atoms with van der Waals surface area (Å²) in [4.78, 5) is 0. The van der Waals surface area contributed by atoms with Crippen molar-refractivity contribution in [3.63, 3.8) is 0 Å². The Bertz CT molecular complexity index is 360. The second-order valence-corrected chi connectivity index (χ2v) is 5.49. The Morgan fingerprint density at radius 1 is 1.30 bits per heavy atom. The number of rotatable bonds is 10. The van der Waals surface area contributed by atoms with Crippen LogP contribution in [0.2, 0.25) is 0 Å². The molecule has 3 atom stereocenters. The van der Waals surface area contributed by atoms with E-state index in [2.05, 4.69) is 50.0 Å². The molecule has 0 amide bonds. The number of aromatic nitrogens is 2.